The molecule has 3 aromatic heterocycles. The number of carboxylic acid groups (broad SMARTS) is 1. The lowest BCUT2D eigenvalue weighted by Crippen LogP contribution is -2.51. The summed E-state index contributed by atoms with van der Waals surface area (Å²) < 4.78 is 53.1. The fourth-order valence-corrected chi connectivity index (χ4v) is 6.44. The van der Waals surface area contributed by atoms with Crippen LogP contribution in [0.25, 0.3) is 16.4 Å². The Morgan fingerprint density at radius 1 is 1.17 bits per heavy atom. The number of thiophene rings is 1. The third-order valence-electron chi connectivity index (χ3n) is 7.91. The first-order chi connectivity index (χ1) is 20.2. The molecule has 0 atom stereocenters. The lowest BCUT2D eigenvalue weighted by atomic mass is 9.88. The third-order valence-corrected chi connectivity index (χ3v) is 8.89. The van der Waals surface area contributed by atoms with Crippen molar-refractivity contribution in [2.75, 3.05) is 26.3 Å². The molecule has 0 saturated carbocycles. The smallest absolute Gasteiger partial charge is 0.434 e. The minimum atomic E-state index is -4.97. The summed E-state index contributed by atoms with van der Waals surface area (Å²) in [7, 11) is 0. The molecule has 0 spiro atoms. The average Bonchev–Trinajstić information content (AvgIpc) is 3.60. The average molecular weight is 598 g/mol. The lowest BCUT2D eigenvalue weighted by Gasteiger charge is -2.41. The number of benzene rings is 1. The van der Waals surface area contributed by atoms with Crippen molar-refractivity contribution in [2.24, 2.45) is 0 Å². The Balaban J connectivity index is 1.16. The van der Waals surface area contributed by atoms with E-state index in [1.165, 1.54) is 23.0 Å². The third kappa shape index (κ3) is 5.66. The van der Waals surface area contributed by atoms with Crippen molar-refractivity contribution in [2.45, 2.75) is 44.5 Å². The fourth-order valence-electron chi connectivity index (χ4n) is 5.56. The van der Waals surface area contributed by atoms with Crippen LogP contribution in [0, 0.1) is 6.92 Å². The zero-order valence-corrected chi connectivity index (χ0v) is 23.6. The van der Waals surface area contributed by atoms with Crippen LogP contribution in [0.4, 0.5) is 13.2 Å². The van der Waals surface area contributed by atoms with Gasteiger partial charge >= 0.3 is 6.18 Å². The van der Waals surface area contributed by atoms with Crippen LogP contribution in [0.5, 0.6) is 5.75 Å². The highest BCUT2D eigenvalue weighted by molar-refractivity contribution is 7.13. The summed E-state index contributed by atoms with van der Waals surface area (Å²) >= 11 is 1.38. The molecule has 0 amide bonds. The Labute approximate surface area is 244 Å². The molecule has 0 radical (unpaired) electrons. The summed E-state index contributed by atoms with van der Waals surface area (Å²) in [6.45, 7) is 6.14. The van der Waals surface area contributed by atoms with Gasteiger partial charge in [-0.05, 0) is 79.5 Å². The first kappa shape index (κ1) is 28.4. The number of halogens is 3. The maximum Gasteiger partial charge on any atom is 0.434 e. The Bertz CT molecular complexity index is 1590. The van der Waals surface area contributed by atoms with Gasteiger partial charge in [0.25, 0.3) is 0 Å². The molecule has 42 heavy (non-hydrogen) atoms. The second-order valence-electron chi connectivity index (χ2n) is 10.6. The molecule has 0 N–H and O–H groups in total. The van der Waals surface area contributed by atoms with Gasteiger partial charge in [-0.3, -0.25) is 4.90 Å². The number of alkyl halides is 3. The number of hydrogen-bond donors (Lipinski definition) is 0. The van der Waals surface area contributed by atoms with Gasteiger partial charge in [-0.15, -0.1) is 11.3 Å². The van der Waals surface area contributed by atoms with Gasteiger partial charge in [0.2, 0.25) is 0 Å². The van der Waals surface area contributed by atoms with Gasteiger partial charge in [-0.2, -0.15) is 18.3 Å². The standard InChI is InChI=1S/C30H29F3N4O4S/c1-18-13-20(19-7-10-36(11-8-19)22-16-40-17-22)5-6-25(18)41-15-21-9-12-42-27(21)24-3-2-4-26(35-24)37-28(30(31,32)33)23(14-34-37)29(38)39/h2-6,9,12-14,19,22H,7-8,10-11,15-17H2,1H3,(H,38,39)/p-1. The number of aromatic carboxylic acids is 1. The molecule has 2 aliphatic heterocycles. The van der Waals surface area contributed by atoms with Gasteiger partial charge < -0.3 is 19.4 Å². The van der Waals surface area contributed by atoms with Crippen molar-refractivity contribution in [3.63, 3.8) is 0 Å². The predicted octanol–water partition coefficient (Wildman–Crippen LogP) is 4.84. The Morgan fingerprint density at radius 3 is 2.62 bits per heavy atom. The fraction of sp³-hybridized carbons (Fsp3) is 0.367. The van der Waals surface area contributed by atoms with Crippen LogP contribution in [0.1, 0.15) is 51.5 Å². The Hall–Kier alpha value is -3.74. The van der Waals surface area contributed by atoms with Crippen molar-refractivity contribution >= 4 is 17.3 Å². The van der Waals surface area contributed by atoms with Gasteiger partial charge in [0.15, 0.2) is 11.5 Å². The highest BCUT2D eigenvalue weighted by Gasteiger charge is 2.39. The number of carboxylic acids is 1. The molecule has 220 valence electrons. The molecule has 6 rings (SSSR count). The maximum absolute atomic E-state index is 13.7. The number of rotatable bonds is 8. The predicted molar refractivity (Wildman–Crippen MR) is 148 cm³/mol. The number of hydrogen-bond acceptors (Lipinski definition) is 8. The van der Waals surface area contributed by atoms with E-state index in [1.54, 1.807) is 12.1 Å². The number of pyridine rings is 1. The second kappa shape index (κ2) is 11.5. The van der Waals surface area contributed by atoms with Crippen molar-refractivity contribution in [1.82, 2.24) is 19.7 Å². The molecule has 2 saturated heterocycles. The number of aromatic nitrogens is 3. The normalized spacial score (nSPS) is 16.9. The zero-order valence-electron chi connectivity index (χ0n) is 22.8. The lowest BCUT2D eigenvalue weighted by molar-refractivity contribution is -0.255. The summed E-state index contributed by atoms with van der Waals surface area (Å²) in [5.41, 5.74) is 1.12. The molecular weight excluding hydrogens is 569 g/mol. The van der Waals surface area contributed by atoms with E-state index in [4.69, 9.17) is 9.47 Å². The molecule has 0 bridgehead atoms. The van der Waals surface area contributed by atoms with Gasteiger partial charge in [-0.1, -0.05) is 18.2 Å². The van der Waals surface area contributed by atoms with Crippen LogP contribution in [-0.4, -0.2) is 58.0 Å². The quantitative estimate of drug-likeness (QED) is 0.287. The Morgan fingerprint density at radius 2 is 1.95 bits per heavy atom. The second-order valence-corrected chi connectivity index (χ2v) is 11.5. The number of nitrogens with zero attached hydrogens (tertiary/aromatic N) is 4. The summed E-state index contributed by atoms with van der Waals surface area (Å²) in [4.78, 5) is 18.9. The van der Waals surface area contributed by atoms with Crippen LogP contribution >= 0.6 is 11.3 Å². The minimum Gasteiger partial charge on any atom is -0.545 e. The number of aryl methyl sites for hydroxylation is 1. The van der Waals surface area contributed by atoms with Crippen molar-refractivity contribution < 1.29 is 32.5 Å². The molecular formula is C30H28F3N4O4S-. The first-order valence-electron chi connectivity index (χ1n) is 13.6. The van der Waals surface area contributed by atoms with E-state index in [0.29, 0.717) is 28.5 Å². The van der Waals surface area contributed by atoms with Gasteiger partial charge in [0.1, 0.15) is 12.4 Å². The van der Waals surface area contributed by atoms with E-state index in [9.17, 15) is 23.1 Å². The highest BCUT2D eigenvalue weighted by atomic mass is 32.1. The molecule has 2 fully saturated rings. The summed E-state index contributed by atoms with van der Waals surface area (Å²) in [5, 5.41) is 16.8. The summed E-state index contributed by atoms with van der Waals surface area (Å²) in [6, 6.07) is 13.4. The van der Waals surface area contributed by atoms with Crippen molar-refractivity contribution in [3.05, 3.63) is 82.0 Å². The van der Waals surface area contributed by atoms with Gasteiger partial charge in [0.05, 0.1) is 42.0 Å². The molecule has 2 aliphatic rings. The van der Waals surface area contributed by atoms with E-state index < -0.39 is 23.4 Å². The van der Waals surface area contributed by atoms with Crippen LogP contribution < -0.4 is 9.84 Å². The minimum absolute atomic E-state index is 0.161. The summed E-state index contributed by atoms with van der Waals surface area (Å²) in [6.07, 6.45) is -2.10. The number of piperidine rings is 1. The maximum atomic E-state index is 13.7. The molecule has 0 aliphatic carbocycles. The topological polar surface area (TPSA) is 92.5 Å². The monoisotopic (exact) mass is 597 g/mol. The van der Waals surface area contributed by atoms with Gasteiger partial charge in [-0.25, -0.2) is 9.67 Å². The molecule has 0 unspecified atom stereocenters. The highest BCUT2D eigenvalue weighted by Crippen LogP contribution is 2.36. The van der Waals surface area contributed by atoms with Crippen molar-refractivity contribution in [3.8, 4) is 22.1 Å². The molecule has 12 heteroatoms. The number of ether oxygens (including phenoxy) is 2. The van der Waals surface area contributed by atoms with E-state index >= 15 is 0 Å². The van der Waals surface area contributed by atoms with Crippen molar-refractivity contribution in [1.29, 1.82) is 0 Å². The van der Waals surface area contributed by atoms with E-state index in [2.05, 4.69) is 27.1 Å². The first-order valence-corrected chi connectivity index (χ1v) is 14.5. The zero-order chi connectivity index (χ0) is 29.4. The molecule has 5 heterocycles. The van der Waals surface area contributed by atoms with Crippen LogP contribution in [-0.2, 0) is 17.5 Å². The van der Waals surface area contributed by atoms with Crippen LogP contribution in [0.15, 0.2) is 54.0 Å². The SMILES string of the molecule is Cc1cc(C2CCN(C3COC3)CC2)ccc1OCc1ccsc1-c1cccc(-n2ncc(C(=O)[O-])c2C(F)(F)F)n1. The number of likely N-dealkylation sites (tertiary alicyclic amines) is 1. The van der Waals surface area contributed by atoms with Crippen LogP contribution in [0.2, 0.25) is 0 Å². The Kier molecular flexibility index (Phi) is 7.77. The van der Waals surface area contributed by atoms with Crippen LogP contribution in [0.3, 0.4) is 0 Å². The largest absolute Gasteiger partial charge is 0.545 e. The molecule has 4 aromatic rings. The van der Waals surface area contributed by atoms with Gasteiger partial charge in [0, 0.05) is 11.1 Å². The molecule has 8 nitrogen and oxygen atoms in total. The molecule has 1 aromatic carbocycles. The van der Waals surface area contributed by atoms with E-state index in [1.807, 2.05) is 24.4 Å². The number of carbonyl (C=O) groups is 1. The summed E-state index contributed by atoms with van der Waals surface area (Å²) in [5.74, 6) is -0.836. The van der Waals surface area contributed by atoms with E-state index in [0.717, 1.165) is 60.9 Å². The number of carbonyl (C=O) groups excluding carboxylic acids is 1. The van der Waals surface area contributed by atoms with E-state index in [-0.39, 0.29) is 12.4 Å².